The summed E-state index contributed by atoms with van der Waals surface area (Å²) < 4.78 is 0. The molecule has 6 heteroatoms. The summed E-state index contributed by atoms with van der Waals surface area (Å²) in [6, 6.07) is 5.89. The molecule has 3 rings (SSSR count). The van der Waals surface area contributed by atoms with Crippen LogP contribution in [0.4, 0.5) is 5.69 Å². The molecule has 1 unspecified atom stereocenters. The number of allylic oxidation sites excluding steroid dienone is 1. The zero-order valence-electron chi connectivity index (χ0n) is 18.1. The van der Waals surface area contributed by atoms with Crippen molar-refractivity contribution in [1.82, 2.24) is 4.90 Å². The number of benzene rings is 1. The summed E-state index contributed by atoms with van der Waals surface area (Å²) in [7, 11) is 0. The first kappa shape index (κ1) is 22.5. The van der Waals surface area contributed by atoms with Crippen LogP contribution in [0.15, 0.2) is 35.9 Å². The van der Waals surface area contributed by atoms with Crippen molar-refractivity contribution in [2.24, 2.45) is 5.41 Å². The summed E-state index contributed by atoms with van der Waals surface area (Å²) in [5.74, 6) is -0.678. The van der Waals surface area contributed by atoms with Gasteiger partial charge in [0, 0.05) is 18.0 Å². The first-order valence-electron chi connectivity index (χ1n) is 10.8. The largest absolute Gasteiger partial charge is 0.330 e. The number of carbonyl (C=O) groups excluding carboxylic acids is 3. The molecule has 0 aromatic heterocycles. The predicted octanol–water partition coefficient (Wildman–Crippen LogP) is 5.13. The van der Waals surface area contributed by atoms with Crippen molar-refractivity contribution in [2.75, 3.05) is 11.4 Å². The van der Waals surface area contributed by atoms with Crippen LogP contribution < -0.4 is 4.90 Å². The van der Waals surface area contributed by atoms with Crippen LogP contribution in [0.2, 0.25) is 5.02 Å². The molecule has 30 heavy (non-hydrogen) atoms. The fraction of sp³-hybridized carbons (Fsp3) is 0.542. The van der Waals surface area contributed by atoms with E-state index in [1.54, 1.807) is 29.2 Å². The van der Waals surface area contributed by atoms with Crippen molar-refractivity contribution in [3.8, 4) is 0 Å². The average molecular weight is 431 g/mol. The van der Waals surface area contributed by atoms with Crippen molar-refractivity contribution in [1.29, 1.82) is 0 Å². The van der Waals surface area contributed by atoms with Gasteiger partial charge in [0.05, 0.1) is 12.1 Å². The maximum atomic E-state index is 13.2. The first-order valence-corrected chi connectivity index (χ1v) is 11.1. The van der Waals surface area contributed by atoms with Crippen LogP contribution >= 0.6 is 11.6 Å². The molecule has 1 aromatic carbocycles. The first-order chi connectivity index (χ1) is 14.2. The van der Waals surface area contributed by atoms with Crippen LogP contribution in [0.25, 0.3) is 0 Å². The Morgan fingerprint density at radius 3 is 2.47 bits per heavy atom. The van der Waals surface area contributed by atoms with Gasteiger partial charge < -0.3 is 4.90 Å². The lowest BCUT2D eigenvalue weighted by Gasteiger charge is -2.31. The maximum absolute atomic E-state index is 13.2. The van der Waals surface area contributed by atoms with Gasteiger partial charge in [-0.25, -0.2) is 4.90 Å². The molecule has 1 aromatic rings. The smallest absolute Gasteiger partial charge is 0.257 e. The van der Waals surface area contributed by atoms with Crippen molar-refractivity contribution in [2.45, 2.75) is 71.8 Å². The number of hydrogen-bond acceptors (Lipinski definition) is 3. The number of rotatable bonds is 6. The van der Waals surface area contributed by atoms with Gasteiger partial charge in [-0.1, -0.05) is 44.0 Å². The molecule has 3 amide bonds. The molecular formula is C24H31ClN2O3. The van der Waals surface area contributed by atoms with Gasteiger partial charge in [-0.05, 0) is 61.8 Å². The summed E-state index contributed by atoms with van der Waals surface area (Å²) in [4.78, 5) is 42.0. The molecule has 0 N–H and O–H groups in total. The Morgan fingerprint density at radius 1 is 1.17 bits per heavy atom. The molecule has 1 atom stereocenters. The van der Waals surface area contributed by atoms with Gasteiger partial charge in [-0.15, -0.1) is 0 Å². The molecule has 1 fully saturated rings. The minimum absolute atomic E-state index is 0.0242. The van der Waals surface area contributed by atoms with E-state index in [0.29, 0.717) is 23.7 Å². The van der Waals surface area contributed by atoms with Crippen LogP contribution in [0.1, 0.15) is 65.7 Å². The van der Waals surface area contributed by atoms with E-state index in [0.717, 1.165) is 19.3 Å². The number of hydrogen-bond donors (Lipinski definition) is 0. The standard InChI is InChI=1S/C24H31ClN2O3/c1-24(2,3)16-22(29)26(14-13-17-7-5-4-6-8-17)20-15-21(28)27(23(20)30)19-11-9-18(25)10-12-19/h7,9-12,20H,4-6,8,13-16H2,1-3H3. The second-order valence-electron chi connectivity index (χ2n) is 9.45. The second-order valence-corrected chi connectivity index (χ2v) is 9.88. The van der Waals surface area contributed by atoms with Gasteiger partial charge in [0.25, 0.3) is 5.91 Å². The molecule has 0 bridgehead atoms. The molecule has 162 valence electrons. The summed E-state index contributed by atoms with van der Waals surface area (Å²) in [6.45, 7) is 6.50. The number of halogens is 1. The summed E-state index contributed by atoms with van der Waals surface area (Å²) in [5.41, 5.74) is 1.65. The van der Waals surface area contributed by atoms with Crippen LogP contribution in [0, 0.1) is 5.41 Å². The topological polar surface area (TPSA) is 57.7 Å². The molecule has 0 radical (unpaired) electrons. The quantitative estimate of drug-likeness (QED) is 0.464. The highest BCUT2D eigenvalue weighted by molar-refractivity contribution is 6.30. The van der Waals surface area contributed by atoms with E-state index in [1.807, 2.05) is 20.8 Å². The maximum Gasteiger partial charge on any atom is 0.257 e. The normalized spacial score (nSPS) is 19.8. The minimum Gasteiger partial charge on any atom is -0.330 e. The summed E-state index contributed by atoms with van der Waals surface area (Å²) >= 11 is 5.94. The van der Waals surface area contributed by atoms with E-state index in [-0.39, 0.29) is 29.6 Å². The fourth-order valence-corrected chi connectivity index (χ4v) is 4.25. The van der Waals surface area contributed by atoms with Gasteiger partial charge in [0.2, 0.25) is 11.8 Å². The minimum atomic E-state index is -0.743. The highest BCUT2D eigenvalue weighted by Gasteiger charge is 2.44. The molecule has 0 spiro atoms. The number of carbonyl (C=O) groups is 3. The van der Waals surface area contributed by atoms with Crippen molar-refractivity contribution >= 4 is 35.0 Å². The molecule has 2 aliphatic rings. The third-order valence-corrected chi connectivity index (χ3v) is 5.90. The van der Waals surface area contributed by atoms with Gasteiger partial charge in [-0.2, -0.15) is 0 Å². The third-order valence-electron chi connectivity index (χ3n) is 5.64. The second kappa shape index (κ2) is 9.34. The van der Waals surface area contributed by atoms with Crippen molar-refractivity contribution < 1.29 is 14.4 Å². The van der Waals surface area contributed by atoms with Crippen LogP contribution in [0.3, 0.4) is 0 Å². The molecule has 1 aliphatic heterocycles. The van der Waals surface area contributed by atoms with Crippen LogP contribution in [0.5, 0.6) is 0 Å². The Hall–Kier alpha value is -2.14. The Bertz CT molecular complexity index is 839. The number of amides is 3. The molecule has 5 nitrogen and oxygen atoms in total. The summed E-state index contributed by atoms with van der Waals surface area (Å²) in [5, 5.41) is 0.539. The Morgan fingerprint density at radius 2 is 1.87 bits per heavy atom. The van der Waals surface area contributed by atoms with E-state index in [4.69, 9.17) is 11.6 Å². The van der Waals surface area contributed by atoms with Gasteiger partial charge in [0.1, 0.15) is 6.04 Å². The lowest BCUT2D eigenvalue weighted by atomic mass is 9.91. The Kier molecular flexibility index (Phi) is 7.02. The third kappa shape index (κ3) is 5.51. The van der Waals surface area contributed by atoms with Gasteiger partial charge in [-0.3, -0.25) is 14.4 Å². The highest BCUT2D eigenvalue weighted by atomic mass is 35.5. The SMILES string of the molecule is CC(C)(C)CC(=O)N(CCC1=CCCCC1)C1CC(=O)N(c2ccc(Cl)cc2)C1=O. The number of imide groups is 1. The van der Waals surface area contributed by atoms with E-state index < -0.39 is 6.04 Å². The average Bonchev–Trinajstić information content (AvgIpc) is 2.96. The molecule has 0 saturated carbocycles. The lowest BCUT2D eigenvalue weighted by molar-refractivity contribution is -0.139. The molecule has 1 heterocycles. The zero-order valence-corrected chi connectivity index (χ0v) is 18.9. The molecule has 1 saturated heterocycles. The predicted molar refractivity (Wildman–Crippen MR) is 119 cm³/mol. The van der Waals surface area contributed by atoms with Gasteiger partial charge in [0.15, 0.2) is 0 Å². The molecular weight excluding hydrogens is 400 g/mol. The van der Waals surface area contributed by atoms with E-state index in [9.17, 15) is 14.4 Å². The van der Waals surface area contributed by atoms with Crippen LogP contribution in [-0.4, -0.2) is 35.2 Å². The lowest BCUT2D eigenvalue weighted by Crippen LogP contribution is -2.47. The number of nitrogens with zero attached hydrogens (tertiary/aromatic N) is 2. The fourth-order valence-electron chi connectivity index (χ4n) is 4.13. The van der Waals surface area contributed by atoms with Crippen molar-refractivity contribution in [3.63, 3.8) is 0 Å². The molecule has 1 aliphatic carbocycles. The zero-order chi connectivity index (χ0) is 21.9. The van der Waals surface area contributed by atoms with E-state index in [1.165, 1.54) is 23.3 Å². The Labute approximate surface area is 184 Å². The van der Waals surface area contributed by atoms with E-state index >= 15 is 0 Å². The van der Waals surface area contributed by atoms with Crippen LogP contribution in [-0.2, 0) is 14.4 Å². The van der Waals surface area contributed by atoms with Crippen molar-refractivity contribution in [3.05, 3.63) is 40.9 Å². The van der Waals surface area contributed by atoms with Gasteiger partial charge >= 0.3 is 0 Å². The Balaban J connectivity index is 1.81. The highest BCUT2D eigenvalue weighted by Crippen LogP contribution is 2.30. The number of anilines is 1. The summed E-state index contributed by atoms with van der Waals surface area (Å²) in [6.07, 6.45) is 7.90. The van der Waals surface area contributed by atoms with E-state index in [2.05, 4.69) is 6.08 Å². The monoisotopic (exact) mass is 430 g/mol.